The van der Waals surface area contributed by atoms with Crippen molar-refractivity contribution in [1.82, 2.24) is 19.4 Å². The van der Waals surface area contributed by atoms with Gasteiger partial charge in [0.1, 0.15) is 0 Å². The summed E-state index contributed by atoms with van der Waals surface area (Å²) in [7, 11) is -3.53. The summed E-state index contributed by atoms with van der Waals surface area (Å²) in [6.07, 6.45) is 0. The molecule has 3 rings (SSSR count). The van der Waals surface area contributed by atoms with Crippen LogP contribution in [0.3, 0.4) is 0 Å². The van der Waals surface area contributed by atoms with E-state index in [4.69, 9.17) is 0 Å². The van der Waals surface area contributed by atoms with Gasteiger partial charge in [-0.2, -0.15) is 4.31 Å². The molecule has 1 aromatic carbocycles. The van der Waals surface area contributed by atoms with Crippen LogP contribution in [0.1, 0.15) is 12.5 Å². The molecule has 1 N–H and O–H groups in total. The molecule has 0 aliphatic carbocycles. The van der Waals surface area contributed by atoms with Crippen LogP contribution in [-0.2, 0) is 14.8 Å². The number of hydrogen-bond donors (Lipinski definition) is 1. The topological polar surface area (TPSA) is 90.0 Å². The maximum Gasteiger partial charge on any atom is 0.324 e. The van der Waals surface area contributed by atoms with Gasteiger partial charge < -0.3 is 5.32 Å². The third-order valence-electron chi connectivity index (χ3n) is 4.96. The SMILES string of the molecule is Cc1ccc(S(=O)(=O)N2CCN(C(C)C(=O)N3CCNC3=O)CC2)cc1. The van der Waals surface area contributed by atoms with Gasteiger partial charge >= 0.3 is 6.03 Å². The number of urea groups is 1. The van der Waals surface area contributed by atoms with E-state index < -0.39 is 16.1 Å². The molecule has 1 unspecified atom stereocenters. The second-order valence-corrected chi connectivity index (χ2v) is 8.59. The predicted molar refractivity (Wildman–Crippen MR) is 96.1 cm³/mol. The normalized spacial score (nSPS) is 20.8. The van der Waals surface area contributed by atoms with Crippen LogP contribution in [0.5, 0.6) is 0 Å². The Labute approximate surface area is 153 Å². The summed E-state index contributed by atoms with van der Waals surface area (Å²) in [4.78, 5) is 27.6. The van der Waals surface area contributed by atoms with Crippen LogP contribution in [0, 0.1) is 6.92 Å². The molecular weight excluding hydrogens is 356 g/mol. The standard InChI is InChI=1S/C17H24N4O4S/c1-13-3-5-15(6-4-13)26(24,25)20-11-9-19(10-12-20)14(2)16(22)21-8-7-18-17(21)23/h3-6,14H,7-12H2,1-2H3,(H,18,23). The second-order valence-electron chi connectivity index (χ2n) is 6.65. The number of rotatable bonds is 4. The zero-order valence-corrected chi connectivity index (χ0v) is 15.8. The van der Waals surface area contributed by atoms with Gasteiger partial charge in [0.15, 0.2) is 0 Å². The fraction of sp³-hybridized carbons (Fsp3) is 0.529. The van der Waals surface area contributed by atoms with E-state index >= 15 is 0 Å². The van der Waals surface area contributed by atoms with Crippen molar-refractivity contribution in [3.8, 4) is 0 Å². The quantitative estimate of drug-likeness (QED) is 0.808. The maximum atomic E-state index is 12.7. The number of carbonyl (C=O) groups is 2. The van der Waals surface area contributed by atoms with Gasteiger partial charge in [0.05, 0.1) is 10.9 Å². The molecule has 2 aliphatic heterocycles. The zero-order chi connectivity index (χ0) is 18.9. The first-order chi connectivity index (χ1) is 12.3. The fourth-order valence-electron chi connectivity index (χ4n) is 3.25. The Bertz CT molecular complexity index is 785. The van der Waals surface area contributed by atoms with Gasteiger partial charge in [0.25, 0.3) is 0 Å². The molecular formula is C17H24N4O4S. The lowest BCUT2D eigenvalue weighted by Gasteiger charge is -2.37. The molecule has 0 spiro atoms. The van der Waals surface area contributed by atoms with Gasteiger partial charge in [-0.1, -0.05) is 17.7 Å². The summed E-state index contributed by atoms with van der Waals surface area (Å²) < 4.78 is 26.9. The van der Waals surface area contributed by atoms with Crippen LogP contribution in [-0.4, -0.2) is 79.8 Å². The van der Waals surface area contributed by atoms with E-state index in [2.05, 4.69) is 5.32 Å². The van der Waals surface area contributed by atoms with Crippen molar-refractivity contribution in [3.05, 3.63) is 29.8 Å². The first kappa shape index (κ1) is 18.8. The summed E-state index contributed by atoms with van der Waals surface area (Å²) in [5, 5.41) is 2.62. The maximum absolute atomic E-state index is 12.7. The minimum atomic E-state index is -3.53. The van der Waals surface area contributed by atoms with E-state index in [1.807, 2.05) is 11.8 Å². The third kappa shape index (κ3) is 3.60. The minimum absolute atomic E-state index is 0.241. The Morgan fingerprint density at radius 1 is 1.08 bits per heavy atom. The van der Waals surface area contributed by atoms with Crippen molar-refractivity contribution < 1.29 is 18.0 Å². The molecule has 8 nitrogen and oxygen atoms in total. The highest BCUT2D eigenvalue weighted by Gasteiger charge is 2.35. The van der Waals surface area contributed by atoms with Crippen LogP contribution in [0.4, 0.5) is 4.79 Å². The summed E-state index contributed by atoms with van der Waals surface area (Å²) in [6, 6.07) is 5.99. The number of nitrogens with zero attached hydrogens (tertiary/aromatic N) is 3. The Morgan fingerprint density at radius 2 is 1.69 bits per heavy atom. The number of hydrogen-bond acceptors (Lipinski definition) is 5. The first-order valence-corrected chi connectivity index (χ1v) is 10.1. The van der Waals surface area contributed by atoms with Crippen molar-refractivity contribution in [2.24, 2.45) is 0 Å². The zero-order valence-electron chi connectivity index (χ0n) is 15.0. The minimum Gasteiger partial charge on any atom is -0.336 e. The number of carbonyl (C=O) groups excluding carboxylic acids is 2. The Hall–Kier alpha value is -1.97. The number of imide groups is 1. The Balaban J connectivity index is 1.62. The highest BCUT2D eigenvalue weighted by Crippen LogP contribution is 2.19. The lowest BCUT2D eigenvalue weighted by molar-refractivity contribution is -0.133. The van der Waals surface area contributed by atoms with Crippen LogP contribution in [0.2, 0.25) is 0 Å². The molecule has 2 heterocycles. The van der Waals surface area contributed by atoms with E-state index in [1.54, 1.807) is 31.2 Å². The Morgan fingerprint density at radius 3 is 2.23 bits per heavy atom. The van der Waals surface area contributed by atoms with Crippen LogP contribution >= 0.6 is 0 Å². The van der Waals surface area contributed by atoms with Crippen molar-refractivity contribution in [1.29, 1.82) is 0 Å². The first-order valence-electron chi connectivity index (χ1n) is 8.71. The van der Waals surface area contributed by atoms with Crippen LogP contribution < -0.4 is 5.32 Å². The van der Waals surface area contributed by atoms with Gasteiger partial charge in [-0.3, -0.25) is 14.6 Å². The second kappa shape index (κ2) is 7.34. The van der Waals surface area contributed by atoms with Gasteiger partial charge in [0.2, 0.25) is 15.9 Å². The van der Waals surface area contributed by atoms with Gasteiger partial charge in [0, 0.05) is 39.3 Å². The summed E-state index contributed by atoms with van der Waals surface area (Å²) in [6.45, 7) is 6.07. The lowest BCUT2D eigenvalue weighted by Crippen LogP contribution is -2.55. The van der Waals surface area contributed by atoms with Crippen molar-refractivity contribution >= 4 is 22.0 Å². The highest BCUT2D eigenvalue weighted by molar-refractivity contribution is 7.89. The van der Waals surface area contributed by atoms with E-state index in [0.717, 1.165) is 5.56 Å². The van der Waals surface area contributed by atoms with Crippen molar-refractivity contribution in [3.63, 3.8) is 0 Å². The molecule has 0 bridgehead atoms. The van der Waals surface area contributed by atoms with Crippen molar-refractivity contribution in [2.45, 2.75) is 24.8 Å². The molecule has 0 radical (unpaired) electrons. The predicted octanol–water partition coefficient (Wildman–Crippen LogP) is 0.242. The number of piperazine rings is 1. The molecule has 0 aromatic heterocycles. The average Bonchev–Trinajstić information content (AvgIpc) is 3.07. The third-order valence-corrected chi connectivity index (χ3v) is 6.87. The average molecular weight is 380 g/mol. The number of amides is 3. The van der Waals surface area contributed by atoms with E-state index in [9.17, 15) is 18.0 Å². The molecule has 1 atom stereocenters. The van der Waals surface area contributed by atoms with Crippen LogP contribution in [0.25, 0.3) is 0 Å². The molecule has 1 aromatic rings. The molecule has 142 valence electrons. The molecule has 0 saturated carbocycles. The summed E-state index contributed by atoms with van der Waals surface area (Å²) >= 11 is 0. The number of nitrogens with one attached hydrogen (secondary N) is 1. The van der Waals surface area contributed by atoms with E-state index in [-0.39, 0.29) is 16.8 Å². The lowest BCUT2D eigenvalue weighted by atomic mass is 10.2. The number of benzene rings is 1. The largest absolute Gasteiger partial charge is 0.336 e. The summed E-state index contributed by atoms with van der Waals surface area (Å²) in [5.74, 6) is -0.241. The van der Waals surface area contributed by atoms with E-state index in [0.29, 0.717) is 39.3 Å². The van der Waals surface area contributed by atoms with Crippen LogP contribution in [0.15, 0.2) is 29.2 Å². The molecule has 3 amide bonds. The van der Waals surface area contributed by atoms with Crippen molar-refractivity contribution in [2.75, 3.05) is 39.3 Å². The fourth-order valence-corrected chi connectivity index (χ4v) is 4.68. The number of sulfonamides is 1. The summed E-state index contributed by atoms with van der Waals surface area (Å²) in [5.41, 5.74) is 1.01. The monoisotopic (exact) mass is 380 g/mol. The molecule has 2 aliphatic rings. The van der Waals surface area contributed by atoms with Gasteiger partial charge in [-0.25, -0.2) is 13.2 Å². The molecule has 26 heavy (non-hydrogen) atoms. The number of aryl methyl sites for hydroxylation is 1. The van der Waals surface area contributed by atoms with Gasteiger partial charge in [-0.05, 0) is 26.0 Å². The smallest absolute Gasteiger partial charge is 0.324 e. The molecule has 2 fully saturated rings. The molecule has 2 saturated heterocycles. The Kier molecular flexibility index (Phi) is 5.31. The van der Waals surface area contributed by atoms with E-state index in [1.165, 1.54) is 9.21 Å². The molecule has 9 heteroatoms. The van der Waals surface area contributed by atoms with Gasteiger partial charge in [-0.15, -0.1) is 0 Å². The highest BCUT2D eigenvalue weighted by atomic mass is 32.2.